The van der Waals surface area contributed by atoms with Crippen molar-refractivity contribution in [3.05, 3.63) is 17.7 Å². The van der Waals surface area contributed by atoms with Crippen molar-refractivity contribution in [1.29, 1.82) is 0 Å². The molecule has 130 valence electrons. The maximum Gasteiger partial charge on any atom is 0.340 e. The third-order valence-corrected chi connectivity index (χ3v) is 4.91. The van der Waals surface area contributed by atoms with Crippen molar-refractivity contribution in [3.63, 3.8) is 0 Å². The molecule has 7 heteroatoms. The molecule has 0 saturated carbocycles. The zero-order valence-electron chi connectivity index (χ0n) is 14.7. The molecule has 1 aromatic carbocycles. The van der Waals surface area contributed by atoms with Crippen molar-refractivity contribution < 1.29 is 23.8 Å². The molecule has 0 aliphatic carbocycles. The lowest BCUT2D eigenvalue weighted by atomic mass is 10.1. The fraction of sp³-hybridized carbons (Fsp3) is 0.412. The third-order valence-electron chi connectivity index (χ3n) is 3.21. The monoisotopic (exact) mass is 349 g/mol. The van der Waals surface area contributed by atoms with Crippen molar-refractivity contribution in [2.75, 3.05) is 26.1 Å². The molecule has 6 nitrogen and oxygen atoms in total. The molecule has 0 unspecified atom stereocenters. The number of anilines is 1. The summed E-state index contributed by atoms with van der Waals surface area (Å²) in [6, 6.07) is 3.78. The van der Waals surface area contributed by atoms with Crippen molar-refractivity contribution in [2.24, 2.45) is 0 Å². The maximum absolute atomic E-state index is 12.4. The van der Waals surface area contributed by atoms with Gasteiger partial charge >= 0.3 is 5.97 Å². The van der Waals surface area contributed by atoms with Crippen LogP contribution in [0.25, 0.3) is 0 Å². The lowest BCUT2D eigenvalue weighted by molar-refractivity contribution is -0.111. The molecule has 1 amide bonds. The van der Waals surface area contributed by atoms with Crippen LogP contribution >= 0.6 is 0 Å². The van der Waals surface area contributed by atoms with Crippen LogP contribution in [-0.4, -0.2) is 40.8 Å². The summed E-state index contributed by atoms with van der Waals surface area (Å²) < 4.78 is 15.7. The Morgan fingerprint density at radius 1 is 1.17 bits per heavy atom. The Hall–Kier alpha value is -2.46. The van der Waals surface area contributed by atoms with E-state index >= 15 is 0 Å². The van der Waals surface area contributed by atoms with Gasteiger partial charge in [0.2, 0.25) is 0 Å². The number of carbonyl (C=O) groups is 2. The van der Waals surface area contributed by atoms with E-state index in [2.05, 4.69) is 25.0 Å². The van der Waals surface area contributed by atoms with Gasteiger partial charge in [-0.25, -0.2) is 4.79 Å². The van der Waals surface area contributed by atoms with E-state index < -0.39 is 20.0 Å². The standard InChI is InChI=1S/C17H23NO5Si/c1-7-16(19)18-13-11-15(22-3)14(21-2)10-12(13)17(20)23-8-9-24(4,5)6/h1,10-11H,8-9H2,2-6H3,(H,18,19). The molecule has 0 saturated heterocycles. The normalized spacial score (nSPS) is 10.5. The lowest BCUT2D eigenvalue weighted by Gasteiger charge is -2.17. The predicted octanol–water partition coefficient (Wildman–Crippen LogP) is 2.77. The summed E-state index contributed by atoms with van der Waals surface area (Å²) in [5, 5.41) is 2.47. The van der Waals surface area contributed by atoms with Crippen LogP contribution < -0.4 is 14.8 Å². The van der Waals surface area contributed by atoms with Crippen LogP contribution in [-0.2, 0) is 9.53 Å². The first kappa shape index (κ1) is 19.6. The molecule has 0 spiro atoms. The largest absolute Gasteiger partial charge is 0.493 e. The summed E-state index contributed by atoms with van der Waals surface area (Å²) in [6.45, 7) is 6.90. The Bertz CT molecular complexity index is 658. The van der Waals surface area contributed by atoms with Gasteiger partial charge in [0.25, 0.3) is 5.91 Å². The van der Waals surface area contributed by atoms with Gasteiger partial charge in [0.05, 0.1) is 32.1 Å². The number of carbonyl (C=O) groups excluding carboxylic acids is 2. The number of amides is 1. The number of esters is 1. The minimum Gasteiger partial charge on any atom is -0.493 e. The van der Waals surface area contributed by atoms with Crippen molar-refractivity contribution in [2.45, 2.75) is 25.7 Å². The number of terminal acetylenes is 1. The van der Waals surface area contributed by atoms with Gasteiger partial charge < -0.3 is 19.5 Å². The fourth-order valence-corrected chi connectivity index (χ4v) is 2.55. The second kappa shape index (κ2) is 8.41. The average molecular weight is 349 g/mol. The second-order valence-corrected chi connectivity index (χ2v) is 11.9. The van der Waals surface area contributed by atoms with Gasteiger partial charge in [-0.15, -0.1) is 6.42 Å². The highest BCUT2D eigenvalue weighted by molar-refractivity contribution is 6.76. The summed E-state index contributed by atoms with van der Waals surface area (Å²) >= 11 is 0. The highest BCUT2D eigenvalue weighted by atomic mass is 28.3. The van der Waals surface area contributed by atoms with Gasteiger partial charge in [0.1, 0.15) is 0 Å². The minimum absolute atomic E-state index is 0.159. The topological polar surface area (TPSA) is 73.9 Å². The molecular weight excluding hydrogens is 326 g/mol. The Kier molecular flexibility index (Phi) is 6.86. The van der Waals surface area contributed by atoms with Gasteiger partial charge in [-0.05, 0) is 12.0 Å². The third kappa shape index (κ3) is 5.63. The molecule has 0 heterocycles. The quantitative estimate of drug-likeness (QED) is 0.465. The number of hydrogen-bond donors (Lipinski definition) is 1. The molecule has 0 aromatic heterocycles. The van der Waals surface area contributed by atoms with Crippen molar-refractivity contribution in [3.8, 4) is 23.8 Å². The smallest absolute Gasteiger partial charge is 0.340 e. The first-order valence-electron chi connectivity index (χ1n) is 7.42. The van der Waals surface area contributed by atoms with E-state index in [1.54, 1.807) is 0 Å². The Morgan fingerprint density at radius 2 is 1.75 bits per heavy atom. The lowest BCUT2D eigenvalue weighted by Crippen LogP contribution is -2.23. The van der Waals surface area contributed by atoms with Crippen molar-refractivity contribution in [1.82, 2.24) is 0 Å². The molecule has 0 radical (unpaired) electrons. The Labute approximate surface area is 143 Å². The summed E-state index contributed by atoms with van der Waals surface area (Å²) in [4.78, 5) is 23.9. The summed E-state index contributed by atoms with van der Waals surface area (Å²) in [5.41, 5.74) is 0.375. The molecule has 0 aliphatic heterocycles. The first-order chi connectivity index (χ1) is 11.2. The van der Waals surface area contributed by atoms with Crippen LogP contribution in [0.2, 0.25) is 25.7 Å². The van der Waals surface area contributed by atoms with Gasteiger partial charge in [0, 0.05) is 20.2 Å². The van der Waals surface area contributed by atoms with Crippen LogP contribution in [0.4, 0.5) is 5.69 Å². The number of methoxy groups -OCH3 is 2. The summed E-state index contributed by atoms with van der Waals surface area (Å²) in [6.07, 6.45) is 5.07. The van der Waals surface area contributed by atoms with Crippen LogP contribution in [0.1, 0.15) is 10.4 Å². The summed E-state index contributed by atoms with van der Waals surface area (Å²) in [7, 11) is 1.59. The van der Waals surface area contributed by atoms with E-state index in [4.69, 9.17) is 20.6 Å². The number of hydrogen-bond acceptors (Lipinski definition) is 5. The van der Waals surface area contributed by atoms with E-state index in [0.717, 1.165) is 6.04 Å². The fourth-order valence-electron chi connectivity index (χ4n) is 1.84. The van der Waals surface area contributed by atoms with E-state index in [1.165, 1.54) is 26.4 Å². The number of ether oxygens (including phenoxy) is 3. The second-order valence-electron chi connectivity index (χ2n) is 6.30. The van der Waals surface area contributed by atoms with Gasteiger partial charge in [-0.3, -0.25) is 4.79 Å². The number of benzene rings is 1. The SMILES string of the molecule is C#CC(=O)Nc1cc(OC)c(OC)cc1C(=O)OCC[Si](C)(C)C. The molecule has 0 fully saturated rings. The number of nitrogens with one attached hydrogen (secondary N) is 1. The molecule has 0 bridgehead atoms. The predicted molar refractivity (Wildman–Crippen MR) is 95.4 cm³/mol. The molecule has 0 atom stereocenters. The van der Waals surface area contributed by atoms with E-state index in [-0.39, 0.29) is 11.3 Å². The van der Waals surface area contributed by atoms with Gasteiger partial charge in [-0.2, -0.15) is 0 Å². The van der Waals surface area contributed by atoms with E-state index in [1.807, 2.05) is 5.92 Å². The maximum atomic E-state index is 12.4. The van der Waals surface area contributed by atoms with Crippen molar-refractivity contribution >= 4 is 25.6 Å². The highest BCUT2D eigenvalue weighted by Crippen LogP contribution is 2.33. The minimum atomic E-state index is -1.32. The highest BCUT2D eigenvalue weighted by Gasteiger charge is 2.20. The van der Waals surface area contributed by atoms with Gasteiger partial charge in [0.15, 0.2) is 11.5 Å². The summed E-state index contributed by atoms with van der Waals surface area (Å²) in [5.74, 6) is 1.44. The average Bonchev–Trinajstić information content (AvgIpc) is 2.52. The molecule has 24 heavy (non-hydrogen) atoms. The van der Waals surface area contributed by atoms with Crippen LogP contribution in [0.3, 0.4) is 0 Å². The molecule has 1 rings (SSSR count). The van der Waals surface area contributed by atoms with Crippen LogP contribution in [0.5, 0.6) is 11.5 Å². The zero-order chi connectivity index (χ0) is 18.3. The Morgan fingerprint density at radius 3 is 2.25 bits per heavy atom. The molecule has 1 N–H and O–H groups in total. The van der Waals surface area contributed by atoms with E-state index in [9.17, 15) is 9.59 Å². The van der Waals surface area contributed by atoms with Crippen LogP contribution in [0.15, 0.2) is 12.1 Å². The van der Waals surface area contributed by atoms with E-state index in [0.29, 0.717) is 18.1 Å². The molecular formula is C17H23NO5Si. The first-order valence-corrected chi connectivity index (χ1v) is 11.1. The molecule has 0 aliphatic rings. The Balaban J connectivity index is 3.11. The van der Waals surface area contributed by atoms with Gasteiger partial charge in [-0.1, -0.05) is 19.6 Å². The molecule has 1 aromatic rings. The van der Waals surface area contributed by atoms with Crippen LogP contribution in [0, 0.1) is 12.3 Å². The zero-order valence-corrected chi connectivity index (χ0v) is 15.7. The number of rotatable bonds is 7.